The molecule has 104 valence electrons. The fourth-order valence-corrected chi connectivity index (χ4v) is 2.93. The Labute approximate surface area is 132 Å². The molecule has 20 heavy (non-hydrogen) atoms. The summed E-state index contributed by atoms with van der Waals surface area (Å²) in [4.78, 5) is 9.68. The van der Waals surface area contributed by atoms with Crippen molar-refractivity contribution in [2.45, 2.75) is 19.5 Å². The first kappa shape index (κ1) is 14.0. The first-order valence-corrected chi connectivity index (χ1v) is 7.51. The molecule has 2 heterocycles. The van der Waals surface area contributed by atoms with E-state index in [0.29, 0.717) is 14.8 Å². The normalized spacial score (nSPS) is 15.1. The van der Waals surface area contributed by atoms with Crippen LogP contribution in [0.4, 0.5) is 0 Å². The van der Waals surface area contributed by atoms with E-state index in [1.54, 1.807) is 0 Å². The van der Waals surface area contributed by atoms with Crippen molar-refractivity contribution in [1.82, 2.24) is 14.9 Å². The third-order valence-corrected chi connectivity index (χ3v) is 4.39. The van der Waals surface area contributed by atoms with E-state index >= 15 is 0 Å². The van der Waals surface area contributed by atoms with Gasteiger partial charge in [0.2, 0.25) is 0 Å². The van der Waals surface area contributed by atoms with E-state index in [1.807, 2.05) is 24.4 Å². The molecule has 3 rings (SSSR count). The monoisotopic (exact) mass is 325 g/mol. The van der Waals surface area contributed by atoms with Crippen LogP contribution >= 0.6 is 35.4 Å². The molecule has 0 unspecified atom stereocenters. The molecule has 1 N–H and O–H groups in total. The minimum atomic E-state index is 0.557. The number of fused-ring (bicyclic) bond motifs is 1. The van der Waals surface area contributed by atoms with Crippen molar-refractivity contribution in [2.24, 2.45) is 0 Å². The summed E-state index contributed by atoms with van der Waals surface area (Å²) in [6.07, 6.45) is 2.83. The highest BCUT2D eigenvalue weighted by atomic mass is 35.5. The third kappa shape index (κ3) is 3.04. The van der Waals surface area contributed by atoms with Crippen LogP contribution in [0.2, 0.25) is 10.0 Å². The van der Waals surface area contributed by atoms with Crippen molar-refractivity contribution >= 4 is 35.4 Å². The lowest BCUT2D eigenvalue weighted by Crippen LogP contribution is -2.30. The molecule has 0 saturated carbocycles. The number of H-pyrrole nitrogens is 1. The van der Waals surface area contributed by atoms with E-state index in [4.69, 9.17) is 35.4 Å². The third-order valence-electron chi connectivity index (χ3n) is 3.45. The molecule has 0 amide bonds. The van der Waals surface area contributed by atoms with Gasteiger partial charge in [0.05, 0.1) is 10.0 Å². The molecule has 1 aromatic carbocycles. The van der Waals surface area contributed by atoms with Gasteiger partial charge < -0.3 is 4.98 Å². The minimum absolute atomic E-state index is 0.557. The summed E-state index contributed by atoms with van der Waals surface area (Å²) in [5, 5.41) is 1.20. The second-order valence-electron chi connectivity index (χ2n) is 4.90. The summed E-state index contributed by atoms with van der Waals surface area (Å²) in [6.45, 7) is 2.71. The molecule has 0 fully saturated rings. The Bertz CT molecular complexity index is 699. The van der Waals surface area contributed by atoms with Gasteiger partial charge in [0.25, 0.3) is 0 Å². The number of hydrogen-bond acceptors (Lipinski definition) is 3. The van der Waals surface area contributed by atoms with Gasteiger partial charge in [0, 0.05) is 43.5 Å². The molecule has 1 aromatic heterocycles. The number of hydrogen-bond donors (Lipinski definition) is 1. The maximum Gasteiger partial charge on any atom is 0.196 e. The molecule has 0 atom stereocenters. The van der Waals surface area contributed by atoms with E-state index in [9.17, 15) is 0 Å². The Morgan fingerprint density at radius 1 is 1.30 bits per heavy atom. The molecule has 0 aliphatic carbocycles. The van der Waals surface area contributed by atoms with Crippen molar-refractivity contribution in [1.29, 1.82) is 0 Å². The zero-order chi connectivity index (χ0) is 14.1. The Morgan fingerprint density at radius 3 is 2.95 bits per heavy atom. The molecule has 3 nitrogen and oxygen atoms in total. The van der Waals surface area contributed by atoms with Gasteiger partial charge >= 0.3 is 0 Å². The number of nitrogens with one attached hydrogen (secondary N) is 1. The largest absolute Gasteiger partial charge is 0.334 e. The van der Waals surface area contributed by atoms with Crippen molar-refractivity contribution in [3.8, 4) is 0 Å². The van der Waals surface area contributed by atoms with Gasteiger partial charge in [-0.25, -0.2) is 4.98 Å². The van der Waals surface area contributed by atoms with Crippen LogP contribution in [0.5, 0.6) is 0 Å². The highest BCUT2D eigenvalue weighted by Crippen LogP contribution is 2.24. The highest BCUT2D eigenvalue weighted by Gasteiger charge is 2.17. The van der Waals surface area contributed by atoms with Gasteiger partial charge in [-0.2, -0.15) is 0 Å². The Hall–Kier alpha value is -0.940. The van der Waals surface area contributed by atoms with Gasteiger partial charge in [-0.1, -0.05) is 29.3 Å². The van der Waals surface area contributed by atoms with Crippen LogP contribution in [0.25, 0.3) is 0 Å². The molecule has 0 radical (unpaired) electrons. The molecular formula is C14H13Cl2N3S. The van der Waals surface area contributed by atoms with Crippen LogP contribution in [0, 0.1) is 4.77 Å². The molecular weight excluding hydrogens is 313 g/mol. The SMILES string of the molecule is S=c1ncc2c([nH]1)CCN(Cc1ccc(Cl)c(Cl)c1)C2. The first-order chi connectivity index (χ1) is 9.61. The summed E-state index contributed by atoms with van der Waals surface area (Å²) >= 11 is 17.0. The zero-order valence-corrected chi connectivity index (χ0v) is 13.0. The predicted octanol–water partition coefficient (Wildman–Crippen LogP) is 4.00. The first-order valence-electron chi connectivity index (χ1n) is 6.35. The molecule has 2 aromatic rings. The lowest BCUT2D eigenvalue weighted by Gasteiger charge is -2.28. The van der Waals surface area contributed by atoms with Crippen LogP contribution in [-0.2, 0) is 19.5 Å². The van der Waals surface area contributed by atoms with E-state index in [2.05, 4.69) is 14.9 Å². The molecule has 0 saturated heterocycles. The second kappa shape index (κ2) is 5.82. The fourth-order valence-electron chi connectivity index (χ4n) is 2.44. The summed E-state index contributed by atoms with van der Waals surface area (Å²) in [5.74, 6) is 0. The number of aromatic amines is 1. The lowest BCUT2D eigenvalue weighted by atomic mass is 10.1. The van der Waals surface area contributed by atoms with Crippen LogP contribution in [0.3, 0.4) is 0 Å². The zero-order valence-electron chi connectivity index (χ0n) is 10.7. The van der Waals surface area contributed by atoms with Gasteiger partial charge in [0.15, 0.2) is 4.77 Å². The average Bonchev–Trinajstić information content (AvgIpc) is 2.43. The predicted molar refractivity (Wildman–Crippen MR) is 83.7 cm³/mol. The standard InChI is InChI=1S/C14H13Cl2N3S/c15-11-2-1-9(5-12(11)16)7-19-4-3-13-10(8-19)6-17-14(20)18-13/h1-2,5-6H,3-4,7-8H2,(H,17,18,20). The molecule has 1 aliphatic rings. The van der Waals surface area contributed by atoms with E-state index < -0.39 is 0 Å². The number of halogens is 2. The van der Waals surface area contributed by atoms with Crippen molar-refractivity contribution in [2.75, 3.05) is 6.54 Å². The number of aromatic nitrogens is 2. The number of benzene rings is 1. The molecule has 0 spiro atoms. The Balaban J connectivity index is 1.75. The lowest BCUT2D eigenvalue weighted by molar-refractivity contribution is 0.242. The molecule has 1 aliphatic heterocycles. The van der Waals surface area contributed by atoms with Crippen LogP contribution in [0.15, 0.2) is 24.4 Å². The van der Waals surface area contributed by atoms with Crippen LogP contribution < -0.4 is 0 Å². The van der Waals surface area contributed by atoms with Crippen molar-refractivity contribution < 1.29 is 0 Å². The quantitative estimate of drug-likeness (QED) is 0.847. The van der Waals surface area contributed by atoms with Gasteiger partial charge in [-0.3, -0.25) is 4.90 Å². The molecule has 6 heteroatoms. The van der Waals surface area contributed by atoms with Crippen LogP contribution in [0.1, 0.15) is 16.8 Å². The van der Waals surface area contributed by atoms with Crippen LogP contribution in [-0.4, -0.2) is 21.4 Å². The topological polar surface area (TPSA) is 31.9 Å². The Kier molecular flexibility index (Phi) is 4.08. The average molecular weight is 326 g/mol. The second-order valence-corrected chi connectivity index (χ2v) is 6.10. The fraction of sp³-hybridized carbons (Fsp3) is 0.286. The van der Waals surface area contributed by atoms with Crippen molar-refractivity contribution in [3.05, 3.63) is 56.0 Å². The van der Waals surface area contributed by atoms with E-state index in [1.165, 1.54) is 16.8 Å². The van der Waals surface area contributed by atoms with Gasteiger partial charge in [0.1, 0.15) is 0 Å². The summed E-state index contributed by atoms with van der Waals surface area (Å²) in [6, 6.07) is 5.78. The van der Waals surface area contributed by atoms with E-state index in [0.717, 1.165) is 26.1 Å². The summed E-state index contributed by atoms with van der Waals surface area (Å²) < 4.78 is 0.557. The summed E-state index contributed by atoms with van der Waals surface area (Å²) in [5.41, 5.74) is 3.58. The molecule has 0 bridgehead atoms. The summed E-state index contributed by atoms with van der Waals surface area (Å²) in [7, 11) is 0. The minimum Gasteiger partial charge on any atom is -0.334 e. The number of nitrogens with zero attached hydrogens (tertiary/aromatic N) is 2. The maximum atomic E-state index is 6.05. The van der Waals surface area contributed by atoms with Gasteiger partial charge in [-0.05, 0) is 29.9 Å². The smallest absolute Gasteiger partial charge is 0.196 e. The van der Waals surface area contributed by atoms with Crippen molar-refractivity contribution in [3.63, 3.8) is 0 Å². The Morgan fingerprint density at radius 2 is 2.15 bits per heavy atom. The number of rotatable bonds is 2. The maximum absolute atomic E-state index is 6.05. The van der Waals surface area contributed by atoms with Gasteiger partial charge in [-0.15, -0.1) is 0 Å². The van der Waals surface area contributed by atoms with E-state index in [-0.39, 0.29) is 0 Å². The highest BCUT2D eigenvalue weighted by molar-refractivity contribution is 7.71.